The molecule has 2 radical (unpaired) electrons. The summed E-state index contributed by atoms with van der Waals surface area (Å²) in [5.41, 5.74) is 6.87. The van der Waals surface area contributed by atoms with Gasteiger partial charge in [-0.15, -0.1) is 0 Å². The highest BCUT2D eigenvalue weighted by Gasteiger charge is 2.13. The maximum Gasteiger partial charge on any atom is 0.322 e. The largest absolute Gasteiger partial charge is 0.468 e. The van der Waals surface area contributed by atoms with E-state index in [1.807, 2.05) is 0 Å². The lowest BCUT2D eigenvalue weighted by atomic mass is 10.0. The number of nitrogens with two attached hydrogens (primary N) is 1. The van der Waals surface area contributed by atoms with Gasteiger partial charge in [0.15, 0.2) is 0 Å². The highest BCUT2D eigenvalue weighted by molar-refractivity contribution is 6.30. The molecule has 4 nitrogen and oxygen atoms in total. The standard InChI is InChI=1S/C9H11BN2O2/c1-14-9(13)7(11)4-6-2-3-8(10)12-5-6/h2-3,5,7H,4,11H2,1H3/t7-/m0/s1. The molecule has 0 saturated heterocycles. The van der Waals surface area contributed by atoms with E-state index in [2.05, 4.69) is 9.72 Å². The molecule has 5 heteroatoms. The van der Waals surface area contributed by atoms with Crippen LogP contribution in [0.2, 0.25) is 0 Å². The molecule has 0 unspecified atom stereocenters. The Morgan fingerprint density at radius 1 is 1.71 bits per heavy atom. The van der Waals surface area contributed by atoms with Crippen LogP contribution in [0, 0.1) is 0 Å². The Labute approximate surface area is 83.9 Å². The molecule has 1 aromatic heterocycles. The highest BCUT2D eigenvalue weighted by Crippen LogP contribution is 1.99. The van der Waals surface area contributed by atoms with Gasteiger partial charge in [-0.25, -0.2) is 0 Å². The Morgan fingerprint density at radius 2 is 2.43 bits per heavy atom. The summed E-state index contributed by atoms with van der Waals surface area (Å²) in [7, 11) is 6.72. The molecular weight excluding hydrogens is 179 g/mol. The van der Waals surface area contributed by atoms with E-state index in [4.69, 9.17) is 13.6 Å². The van der Waals surface area contributed by atoms with E-state index < -0.39 is 12.0 Å². The molecule has 0 spiro atoms. The first-order valence-corrected chi connectivity index (χ1v) is 4.17. The number of aromatic nitrogens is 1. The number of esters is 1. The minimum absolute atomic E-state index is 0.403. The summed E-state index contributed by atoms with van der Waals surface area (Å²) < 4.78 is 4.50. The third kappa shape index (κ3) is 2.85. The zero-order valence-electron chi connectivity index (χ0n) is 7.93. The summed E-state index contributed by atoms with van der Waals surface area (Å²) in [6.45, 7) is 0. The summed E-state index contributed by atoms with van der Waals surface area (Å²) in [6.07, 6.45) is 2.00. The average molecular weight is 190 g/mol. The molecule has 2 N–H and O–H groups in total. The van der Waals surface area contributed by atoms with E-state index in [9.17, 15) is 4.79 Å². The maximum absolute atomic E-state index is 11.0. The molecule has 0 aliphatic heterocycles. The van der Waals surface area contributed by atoms with Gasteiger partial charge in [0, 0.05) is 6.20 Å². The van der Waals surface area contributed by atoms with Gasteiger partial charge in [0.05, 0.1) is 7.11 Å². The molecule has 1 atom stereocenters. The second kappa shape index (κ2) is 4.76. The summed E-state index contributed by atoms with van der Waals surface area (Å²) in [5.74, 6) is -0.429. The molecule has 0 amide bonds. The van der Waals surface area contributed by atoms with Gasteiger partial charge in [-0.3, -0.25) is 9.78 Å². The third-order valence-corrected chi connectivity index (χ3v) is 1.81. The van der Waals surface area contributed by atoms with E-state index >= 15 is 0 Å². The minimum atomic E-state index is -0.648. The van der Waals surface area contributed by atoms with Crippen molar-refractivity contribution in [2.24, 2.45) is 5.73 Å². The average Bonchev–Trinajstić information content (AvgIpc) is 2.20. The van der Waals surface area contributed by atoms with Crippen LogP contribution in [0.3, 0.4) is 0 Å². The van der Waals surface area contributed by atoms with E-state index in [-0.39, 0.29) is 0 Å². The number of ether oxygens (including phenoxy) is 1. The lowest BCUT2D eigenvalue weighted by Gasteiger charge is -2.08. The van der Waals surface area contributed by atoms with Crippen molar-refractivity contribution in [3.63, 3.8) is 0 Å². The van der Waals surface area contributed by atoms with E-state index in [0.717, 1.165) is 5.56 Å². The van der Waals surface area contributed by atoms with E-state index in [1.54, 1.807) is 18.3 Å². The van der Waals surface area contributed by atoms with Crippen molar-refractivity contribution >= 4 is 19.4 Å². The first-order chi connectivity index (χ1) is 6.63. The minimum Gasteiger partial charge on any atom is -0.468 e. The molecule has 14 heavy (non-hydrogen) atoms. The highest BCUT2D eigenvalue weighted by atomic mass is 16.5. The van der Waals surface area contributed by atoms with Gasteiger partial charge in [0.25, 0.3) is 0 Å². The monoisotopic (exact) mass is 190 g/mol. The normalized spacial score (nSPS) is 12.1. The van der Waals surface area contributed by atoms with Crippen molar-refractivity contribution in [3.05, 3.63) is 23.9 Å². The quantitative estimate of drug-likeness (QED) is 0.486. The van der Waals surface area contributed by atoms with Crippen LogP contribution in [0.25, 0.3) is 0 Å². The Balaban J connectivity index is 2.60. The molecular formula is C9H11BN2O2. The second-order valence-electron chi connectivity index (χ2n) is 2.93. The van der Waals surface area contributed by atoms with Crippen molar-refractivity contribution in [1.29, 1.82) is 0 Å². The van der Waals surface area contributed by atoms with Crippen LogP contribution in [-0.4, -0.2) is 32.0 Å². The topological polar surface area (TPSA) is 65.2 Å². The fourth-order valence-corrected chi connectivity index (χ4v) is 1.05. The predicted molar refractivity (Wildman–Crippen MR) is 53.3 cm³/mol. The molecule has 0 saturated carbocycles. The van der Waals surface area contributed by atoms with E-state index in [1.165, 1.54) is 7.11 Å². The number of hydrogen-bond acceptors (Lipinski definition) is 4. The van der Waals surface area contributed by atoms with Crippen molar-refractivity contribution in [3.8, 4) is 0 Å². The smallest absolute Gasteiger partial charge is 0.322 e. The molecule has 1 aromatic rings. The van der Waals surface area contributed by atoms with Crippen LogP contribution in [-0.2, 0) is 16.0 Å². The van der Waals surface area contributed by atoms with Crippen molar-refractivity contribution in [2.45, 2.75) is 12.5 Å². The zero-order valence-corrected chi connectivity index (χ0v) is 7.93. The number of methoxy groups -OCH3 is 1. The molecule has 0 aliphatic rings. The first-order valence-electron chi connectivity index (χ1n) is 4.17. The van der Waals surface area contributed by atoms with Crippen LogP contribution in [0.1, 0.15) is 5.56 Å². The maximum atomic E-state index is 11.0. The molecule has 0 fully saturated rings. The predicted octanol–water partition coefficient (Wildman–Crippen LogP) is -1.08. The Morgan fingerprint density at radius 3 is 2.93 bits per heavy atom. The van der Waals surface area contributed by atoms with Crippen LogP contribution in [0.4, 0.5) is 0 Å². The second-order valence-corrected chi connectivity index (χ2v) is 2.93. The number of hydrogen-bond donors (Lipinski definition) is 1. The first kappa shape index (κ1) is 10.7. The Bertz CT molecular complexity index is 313. The number of carbonyl (C=O) groups is 1. The molecule has 0 aliphatic carbocycles. The summed E-state index contributed by atoms with van der Waals surface area (Å²) in [5, 5.41) is 0. The molecule has 0 bridgehead atoms. The molecule has 1 heterocycles. The lowest BCUT2D eigenvalue weighted by Crippen LogP contribution is -2.33. The third-order valence-electron chi connectivity index (χ3n) is 1.81. The fraction of sp³-hybridized carbons (Fsp3) is 0.333. The van der Waals surface area contributed by atoms with Gasteiger partial charge in [0.1, 0.15) is 13.9 Å². The number of rotatable bonds is 3. The number of pyridine rings is 1. The Hall–Kier alpha value is -1.36. The van der Waals surface area contributed by atoms with Gasteiger partial charge >= 0.3 is 5.97 Å². The van der Waals surface area contributed by atoms with Crippen molar-refractivity contribution in [2.75, 3.05) is 7.11 Å². The van der Waals surface area contributed by atoms with Gasteiger partial charge < -0.3 is 10.5 Å². The van der Waals surface area contributed by atoms with Gasteiger partial charge in [0.2, 0.25) is 0 Å². The molecule has 72 valence electrons. The molecule has 1 rings (SSSR count). The van der Waals surface area contributed by atoms with Crippen LogP contribution in [0.5, 0.6) is 0 Å². The SMILES string of the molecule is [B]c1ccc(C[C@H](N)C(=O)OC)cn1. The van der Waals surface area contributed by atoms with Crippen LogP contribution < -0.4 is 11.3 Å². The summed E-state index contributed by atoms with van der Waals surface area (Å²) in [6, 6.07) is 2.80. The number of carbonyl (C=O) groups excluding carboxylic acids is 1. The van der Waals surface area contributed by atoms with Crippen LogP contribution in [0.15, 0.2) is 18.3 Å². The Kier molecular flexibility index (Phi) is 3.65. The zero-order chi connectivity index (χ0) is 10.6. The van der Waals surface area contributed by atoms with Gasteiger partial charge in [-0.05, 0) is 17.6 Å². The number of nitrogens with zero attached hydrogens (tertiary/aromatic N) is 1. The van der Waals surface area contributed by atoms with Crippen molar-refractivity contribution < 1.29 is 9.53 Å². The fourth-order valence-electron chi connectivity index (χ4n) is 1.05. The van der Waals surface area contributed by atoms with E-state index in [0.29, 0.717) is 12.0 Å². The molecule has 0 aromatic carbocycles. The van der Waals surface area contributed by atoms with Crippen LogP contribution >= 0.6 is 0 Å². The van der Waals surface area contributed by atoms with Gasteiger partial charge in [-0.1, -0.05) is 12.1 Å². The van der Waals surface area contributed by atoms with Crippen molar-refractivity contribution in [1.82, 2.24) is 4.98 Å². The van der Waals surface area contributed by atoms with Gasteiger partial charge in [-0.2, -0.15) is 0 Å². The lowest BCUT2D eigenvalue weighted by molar-refractivity contribution is -0.142. The summed E-state index contributed by atoms with van der Waals surface area (Å²) in [4.78, 5) is 14.9. The summed E-state index contributed by atoms with van der Waals surface area (Å²) >= 11 is 0.